The maximum absolute atomic E-state index is 10.6. The lowest BCUT2D eigenvalue weighted by Crippen LogP contribution is -2.03. The van der Waals surface area contributed by atoms with Crippen LogP contribution in [0.1, 0.15) is 5.56 Å². The topological polar surface area (TPSA) is 35.5 Å². The second-order valence-electron chi connectivity index (χ2n) is 3.10. The first-order chi connectivity index (χ1) is 8.22. The molecule has 0 atom stereocenters. The van der Waals surface area contributed by atoms with E-state index in [1.165, 1.54) is 7.11 Å². The van der Waals surface area contributed by atoms with Crippen LogP contribution in [0.25, 0.3) is 6.08 Å². The Kier molecular flexibility index (Phi) is 6.10. The van der Waals surface area contributed by atoms with Crippen LogP contribution in [0.15, 0.2) is 47.0 Å². The lowest BCUT2D eigenvalue weighted by molar-refractivity contribution is 0.0818. The van der Waals surface area contributed by atoms with E-state index < -0.39 is 6.16 Å². The SMILES string of the molecule is COC(=O)OC/C=C/C=C/c1ccc(Br)cc1. The molecule has 0 unspecified atom stereocenters. The lowest BCUT2D eigenvalue weighted by atomic mass is 10.2. The van der Waals surface area contributed by atoms with Crippen LogP contribution in [-0.4, -0.2) is 19.9 Å². The van der Waals surface area contributed by atoms with Gasteiger partial charge in [-0.3, -0.25) is 0 Å². The molecule has 4 heteroatoms. The van der Waals surface area contributed by atoms with Gasteiger partial charge in [0.05, 0.1) is 7.11 Å². The molecule has 0 aliphatic rings. The van der Waals surface area contributed by atoms with Gasteiger partial charge in [-0.25, -0.2) is 4.79 Å². The number of carbonyl (C=O) groups excluding carboxylic acids is 1. The molecule has 1 aromatic rings. The van der Waals surface area contributed by atoms with Crippen molar-refractivity contribution < 1.29 is 14.3 Å². The predicted octanol–water partition coefficient (Wildman–Crippen LogP) is 3.80. The molecule has 0 aliphatic heterocycles. The van der Waals surface area contributed by atoms with Gasteiger partial charge in [-0.1, -0.05) is 46.3 Å². The third-order valence-corrected chi connectivity index (χ3v) is 2.40. The number of hydrogen-bond acceptors (Lipinski definition) is 3. The Hall–Kier alpha value is -1.55. The number of ether oxygens (including phenoxy) is 2. The summed E-state index contributed by atoms with van der Waals surface area (Å²) in [6, 6.07) is 7.95. The fourth-order valence-corrected chi connectivity index (χ4v) is 1.31. The number of carbonyl (C=O) groups is 1. The van der Waals surface area contributed by atoms with E-state index >= 15 is 0 Å². The van der Waals surface area contributed by atoms with E-state index in [-0.39, 0.29) is 6.61 Å². The molecule has 17 heavy (non-hydrogen) atoms. The predicted molar refractivity (Wildman–Crippen MR) is 70.7 cm³/mol. The highest BCUT2D eigenvalue weighted by Crippen LogP contribution is 2.11. The van der Waals surface area contributed by atoms with Gasteiger partial charge in [0.15, 0.2) is 0 Å². The highest BCUT2D eigenvalue weighted by molar-refractivity contribution is 9.10. The van der Waals surface area contributed by atoms with Crippen molar-refractivity contribution in [1.29, 1.82) is 0 Å². The van der Waals surface area contributed by atoms with Crippen molar-refractivity contribution in [2.24, 2.45) is 0 Å². The zero-order valence-electron chi connectivity index (χ0n) is 9.43. The van der Waals surface area contributed by atoms with Crippen molar-refractivity contribution in [3.05, 3.63) is 52.5 Å². The average molecular weight is 297 g/mol. The third-order valence-electron chi connectivity index (χ3n) is 1.87. The Bertz CT molecular complexity index is 407. The van der Waals surface area contributed by atoms with E-state index in [0.29, 0.717) is 0 Å². The second-order valence-corrected chi connectivity index (χ2v) is 4.02. The summed E-state index contributed by atoms with van der Waals surface area (Å²) in [7, 11) is 1.28. The van der Waals surface area contributed by atoms with Crippen LogP contribution in [0.3, 0.4) is 0 Å². The molecule has 0 heterocycles. The van der Waals surface area contributed by atoms with E-state index in [2.05, 4.69) is 25.4 Å². The minimum Gasteiger partial charge on any atom is -0.438 e. The van der Waals surface area contributed by atoms with E-state index in [1.807, 2.05) is 42.5 Å². The Morgan fingerprint density at radius 2 is 2.00 bits per heavy atom. The highest BCUT2D eigenvalue weighted by Gasteiger charge is 1.94. The van der Waals surface area contributed by atoms with Crippen LogP contribution in [0.5, 0.6) is 0 Å². The largest absolute Gasteiger partial charge is 0.508 e. The van der Waals surface area contributed by atoms with Crippen LogP contribution < -0.4 is 0 Å². The third kappa shape index (κ3) is 5.92. The van der Waals surface area contributed by atoms with E-state index in [0.717, 1.165) is 10.0 Å². The minimum absolute atomic E-state index is 0.206. The number of benzene rings is 1. The molecule has 1 rings (SSSR count). The summed E-state index contributed by atoms with van der Waals surface area (Å²) in [6.07, 6.45) is 6.70. The maximum atomic E-state index is 10.6. The zero-order chi connectivity index (χ0) is 12.5. The first-order valence-electron chi connectivity index (χ1n) is 5.02. The Morgan fingerprint density at radius 1 is 1.29 bits per heavy atom. The summed E-state index contributed by atoms with van der Waals surface area (Å²) in [5, 5.41) is 0. The Balaban J connectivity index is 2.32. The summed E-state index contributed by atoms with van der Waals surface area (Å²) >= 11 is 3.37. The molecule has 0 aliphatic carbocycles. The number of methoxy groups -OCH3 is 1. The molecule has 0 saturated carbocycles. The monoisotopic (exact) mass is 296 g/mol. The van der Waals surface area contributed by atoms with E-state index in [1.54, 1.807) is 6.08 Å². The van der Waals surface area contributed by atoms with Crippen molar-refractivity contribution in [3.8, 4) is 0 Å². The van der Waals surface area contributed by atoms with Crippen LogP contribution in [-0.2, 0) is 9.47 Å². The summed E-state index contributed by atoms with van der Waals surface area (Å²) in [4.78, 5) is 10.6. The smallest absolute Gasteiger partial charge is 0.438 e. The molecular formula is C13H13BrO3. The molecule has 0 fully saturated rings. The zero-order valence-corrected chi connectivity index (χ0v) is 11.0. The Morgan fingerprint density at radius 3 is 2.65 bits per heavy atom. The standard InChI is InChI=1S/C13H13BrO3/c1-16-13(15)17-10-4-2-3-5-11-6-8-12(14)9-7-11/h2-9H,10H2,1H3/b4-2+,5-3+. The highest BCUT2D eigenvalue weighted by atomic mass is 79.9. The number of halogens is 1. The summed E-state index contributed by atoms with van der Waals surface area (Å²) in [6.45, 7) is 0.206. The molecule has 90 valence electrons. The van der Waals surface area contributed by atoms with Gasteiger partial charge in [0.2, 0.25) is 0 Å². The van der Waals surface area contributed by atoms with Crippen molar-refractivity contribution in [3.63, 3.8) is 0 Å². The van der Waals surface area contributed by atoms with Gasteiger partial charge >= 0.3 is 6.16 Å². The fraction of sp³-hybridized carbons (Fsp3) is 0.154. The molecule has 0 radical (unpaired) electrons. The van der Waals surface area contributed by atoms with Gasteiger partial charge in [0.1, 0.15) is 6.61 Å². The van der Waals surface area contributed by atoms with Gasteiger partial charge in [-0.15, -0.1) is 0 Å². The molecular weight excluding hydrogens is 284 g/mol. The first kappa shape index (κ1) is 13.5. The maximum Gasteiger partial charge on any atom is 0.508 e. The van der Waals surface area contributed by atoms with Crippen LogP contribution in [0, 0.1) is 0 Å². The quantitative estimate of drug-likeness (QED) is 0.626. The second kappa shape index (κ2) is 7.68. The molecule has 0 aromatic heterocycles. The van der Waals surface area contributed by atoms with Crippen molar-refractivity contribution in [1.82, 2.24) is 0 Å². The molecule has 0 saturated heterocycles. The first-order valence-corrected chi connectivity index (χ1v) is 5.81. The van der Waals surface area contributed by atoms with Gasteiger partial charge in [-0.05, 0) is 23.8 Å². The molecule has 0 spiro atoms. The van der Waals surface area contributed by atoms with Crippen LogP contribution >= 0.6 is 15.9 Å². The summed E-state index contributed by atoms with van der Waals surface area (Å²) in [5.41, 5.74) is 1.10. The Labute approximate surface area is 109 Å². The van der Waals surface area contributed by atoms with Crippen molar-refractivity contribution in [2.45, 2.75) is 0 Å². The van der Waals surface area contributed by atoms with Crippen LogP contribution in [0.2, 0.25) is 0 Å². The molecule has 0 bridgehead atoms. The number of rotatable bonds is 4. The summed E-state index contributed by atoms with van der Waals surface area (Å²) in [5.74, 6) is 0. The molecule has 0 amide bonds. The van der Waals surface area contributed by atoms with Crippen LogP contribution in [0.4, 0.5) is 4.79 Å². The van der Waals surface area contributed by atoms with E-state index in [4.69, 9.17) is 0 Å². The normalized spacial score (nSPS) is 10.9. The van der Waals surface area contributed by atoms with Gasteiger partial charge < -0.3 is 9.47 Å². The van der Waals surface area contributed by atoms with Crippen molar-refractivity contribution in [2.75, 3.05) is 13.7 Å². The van der Waals surface area contributed by atoms with E-state index in [9.17, 15) is 4.79 Å². The summed E-state index contributed by atoms with van der Waals surface area (Å²) < 4.78 is 10.0. The average Bonchev–Trinajstić information content (AvgIpc) is 2.35. The molecule has 1 aromatic carbocycles. The molecule has 3 nitrogen and oxygen atoms in total. The van der Waals surface area contributed by atoms with Crippen molar-refractivity contribution >= 4 is 28.2 Å². The lowest BCUT2D eigenvalue weighted by Gasteiger charge is -1.96. The minimum atomic E-state index is -0.675. The van der Waals surface area contributed by atoms with Gasteiger partial charge in [-0.2, -0.15) is 0 Å². The fourth-order valence-electron chi connectivity index (χ4n) is 1.05. The molecule has 0 N–H and O–H groups in total. The number of allylic oxidation sites excluding steroid dienone is 2. The van der Waals surface area contributed by atoms with Gasteiger partial charge in [0.25, 0.3) is 0 Å². The number of hydrogen-bond donors (Lipinski definition) is 0. The van der Waals surface area contributed by atoms with Gasteiger partial charge in [0, 0.05) is 4.47 Å².